The van der Waals surface area contributed by atoms with Gasteiger partial charge in [0.15, 0.2) is 5.82 Å². The minimum absolute atomic E-state index is 0.0116. The Labute approximate surface area is 169 Å². The fourth-order valence-corrected chi connectivity index (χ4v) is 3.36. The lowest BCUT2D eigenvalue weighted by Gasteiger charge is -2.18. The van der Waals surface area contributed by atoms with E-state index in [-0.39, 0.29) is 11.6 Å². The first-order valence-corrected chi connectivity index (χ1v) is 9.77. The number of likely N-dealkylation sites (N-methyl/N-ethyl adjacent to an activating group) is 1. The number of ether oxygens (including phenoxy) is 1. The monoisotopic (exact) mass is 402 g/mol. The highest BCUT2D eigenvalue weighted by molar-refractivity contribution is 6.31. The molecule has 0 aliphatic heterocycles. The summed E-state index contributed by atoms with van der Waals surface area (Å²) in [6.07, 6.45) is 0. The van der Waals surface area contributed by atoms with E-state index in [4.69, 9.17) is 21.3 Å². The van der Waals surface area contributed by atoms with Crippen molar-refractivity contribution in [3.8, 4) is 11.4 Å². The van der Waals surface area contributed by atoms with E-state index in [1.165, 1.54) is 4.90 Å². The fourth-order valence-electron chi connectivity index (χ4n) is 3.19. The van der Waals surface area contributed by atoms with Gasteiger partial charge in [-0.3, -0.25) is 9.36 Å². The molecular weight excluding hydrogens is 376 g/mol. The molecule has 7 heteroatoms. The SMILES string of the molecule is COc1ccc(-n2c([C@@H](C)[NH2+]CC[NH+](C)C)nc3cc(Cl)ccc3c2=O)cc1. The number of methoxy groups -OCH3 is 1. The Hall–Kier alpha value is -2.41. The second-order valence-corrected chi connectivity index (χ2v) is 7.68. The molecule has 0 radical (unpaired) electrons. The Morgan fingerprint density at radius 1 is 1.21 bits per heavy atom. The first-order chi connectivity index (χ1) is 13.4. The van der Waals surface area contributed by atoms with Crippen LogP contribution in [0.4, 0.5) is 0 Å². The summed E-state index contributed by atoms with van der Waals surface area (Å²) in [5, 5.41) is 3.33. The molecule has 0 aliphatic carbocycles. The summed E-state index contributed by atoms with van der Waals surface area (Å²) in [5.41, 5.74) is 1.29. The molecule has 0 spiro atoms. The number of quaternary nitrogens is 2. The van der Waals surface area contributed by atoms with Crippen LogP contribution >= 0.6 is 11.6 Å². The minimum atomic E-state index is -0.0969. The lowest BCUT2D eigenvalue weighted by atomic mass is 10.2. The molecule has 0 amide bonds. The first kappa shape index (κ1) is 20.3. The molecule has 148 valence electrons. The molecule has 28 heavy (non-hydrogen) atoms. The van der Waals surface area contributed by atoms with Gasteiger partial charge in [0.05, 0.1) is 37.8 Å². The molecule has 0 saturated heterocycles. The van der Waals surface area contributed by atoms with Crippen LogP contribution in [0.2, 0.25) is 5.02 Å². The summed E-state index contributed by atoms with van der Waals surface area (Å²) in [6, 6.07) is 12.7. The van der Waals surface area contributed by atoms with Gasteiger partial charge in [-0.1, -0.05) is 11.6 Å². The van der Waals surface area contributed by atoms with Crippen LogP contribution in [0.25, 0.3) is 16.6 Å². The van der Waals surface area contributed by atoms with Gasteiger partial charge in [0.25, 0.3) is 5.56 Å². The van der Waals surface area contributed by atoms with E-state index in [9.17, 15) is 4.79 Å². The second-order valence-electron chi connectivity index (χ2n) is 7.24. The number of nitrogens with zero attached hydrogens (tertiary/aromatic N) is 2. The Morgan fingerprint density at radius 2 is 1.93 bits per heavy atom. The molecule has 1 atom stereocenters. The van der Waals surface area contributed by atoms with Crippen molar-refractivity contribution in [3.63, 3.8) is 0 Å². The van der Waals surface area contributed by atoms with Crippen LogP contribution in [0.1, 0.15) is 18.8 Å². The van der Waals surface area contributed by atoms with Crippen molar-refractivity contribution in [1.82, 2.24) is 9.55 Å². The number of rotatable bonds is 7. The fraction of sp³-hybridized carbons (Fsp3) is 0.333. The zero-order valence-electron chi connectivity index (χ0n) is 16.7. The molecule has 3 rings (SSSR count). The van der Waals surface area contributed by atoms with Crippen LogP contribution in [-0.2, 0) is 0 Å². The number of hydrogen-bond donors (Lipinski definition) is 2. The highest BCUT2D eigenvalue weighted by atomic mass is 35.5. The van der Waals surface area contributed by atoms with E-state index in [0.29, 0.717) is 21.7 Å². The number of aromatic nitrogens is 2. The smallest absolute Gasteiger partial charge is 0.266 e. The minimum Gasteiger partial charge on any atom is -0.497 e. The first-order valence-electron chi connectivity index (χ1n) is 9.39. The maximum atomic E-state index is 13.3. The second kappa shape index (κ2) is 8.73. The number of benzene rings is 2. The van der Waals surface area contributed by atoms with Crippen molar-refractivity contribution in [3.05, 3.63) is 63.7 Å². The van der Waals surface area contributed by atoms with Crippen molar-refractivity contribution >= 4 is 22.5 Å². The molecule has 3 aromatic rings. The quantitative estimate of drug-likeness (QED) is 0.615. The van der Waals surface area contributed by atoms with E-state index in [1.54, 1.807) is 29.9 Å². The number of nitrogens with one attached hydrogen (secondary N) is 1. The summed E-state index contributed by atoms with van der Waals surface area (Å²) < 4.78 is 6.94. The van der Waals surface area contributed by atoms with Gasteiger partial charge in [0, 0.05) is 5.02 Å². The Morgan fingerprint density at radius 3 is 2.57 bits per heavy atom. The number of fused-ring (bicyclic) bond motifs is 1. The number of nitrogens with two attached hydrogens (primary N) is 1. The van der Waals surface area contributed by atoms with E-state index in [0.717, 1.165) is 24.5 Å². The third kappa shape index (κ3) is 4.35. The Balaban J connectivity index is 2.13. The molecule has 1 heterocycles. The van der Waals surface area contributed by atoms with Crippen molar-refractivity contribution in [1.29, 1.82) is 0 Å². The summed E-state index contributed by atoms with van der Waals surface area (Å²) in [4.78, 5) is 19.5. The molecule has 1 aromatic heterocycles. The summed E-state index contributed by atoms with van der Waals surface area (Å²) in [7, 11) is 5.88. The predicted octanol–water partition coefficient (Wildman–Crippen LogP) is 0.817. The van der Waals surface area contributed by atoms with Gasteiger partial charge in [0.2, 0.25) is 0 Å². The van der Waals surface area contributed by atoms with E-state index in [1.807, 2.05) is 24.3 Å². The van der Waals surface area contributed by atoms with Gasteiger partial charge in [-0.25, -0.2) is 4.98 Å². The molecule has 0 saturated carbocycles. The Bertz CT molecular complexity index is 1020. The van der Waals surface area contributed by atoms with Gasteiger partial charge in [-0.05, 0) is 49.4 Å². The zero-order valence-corrected chi connectivity index (χ0v) is 17.5. The largest absolute Gasteiger partial charge is 0.497 e. The highest BCUT2D eigenvalue weighted by Gasteiger charge is 2.20. The summed E-state index contributed by atoms with van der Waals surface area (Å²) in [5.74, 6) is 1.45. The molecule has 0 unspecified atom stereocenters. The van der Waals surface area contributed by atoms with Gasteiger partial charge in [-0.2, -0.15) is 0 Å². The molecule has 0 aliphatic rings. The number of hydrogen-bond acceptors (Lipinski definition) is 3. The molecular formula is C21H27ClN4O2+2. The van der Waals surface area contributed by atoms with Crippen LogP contribution in [0.5, 0.6) is 5.75 Å². The standard InChI is InChI=1S/C21H25ClN4O2/c1-14(23-11-12-25(2)3)20-24-19-13-15(22)5-10-18(19)21(27)26(20)16-6-8-17(28-4)9-7-16/h5-10,13-14,23H,11-12H2,1-4H3/p+2/t14-/m1/s1. The summed E-state index contributed by atoms with van der Waals surface area (Å²) in [6.45, 7) is 4.04. The van der Waals surface area contributed by atoms with Crippen LogP contribution in [0.15, 0.2) is 47.3 Å². The van der Waals surface area contributed by atoms with E-state index < -0.39 is 0 Å². The average molecular weight is 403 g/mol. The van der Waals surface area contributed by atoms with Crippen LogP contribution in [0.3, 0.4) is 0 Å². The van der Waals surface area contributed by atoms with Crippen molar-refractivity contribution < 1.29 is 15.0 Å². The molecule has 0 bridgehead atoms. The van der Waals surface area contributed by atoms with Crippen LogP contribution in [-0.4, -0.2) is 43.8 Å². The maximum absolute atomic E-state index is 13.3. The number of halogens is 1. The van der Waals surface area contributed by atoms with Crippen molar-refractivity contribution in [2.24, 2.45) is 0 Å². The van der Waals surface area contributed by atoms with Gasteiger partial charge in [-0.15, -0.1) is 0 Å². The Kier molecular flexibility index (Phi) is 6.34. The molecule has 6 nitrogen and oxygen atoms in total. The molecule has 3 N–H and O–H groups in total. The third-order valence-corrected chi connectivity index (χ3v) is 4.99. The highest BCUT2D eigenvalue weighted by Crippen LogP contribution is 2.21. The third-order valence-electron chi connectivity index (χ3n) is 4.76. The van der Waals surface area contributed by atoms with E-state index in [2.05, 4.69) is 26.3 Å². The summed E-state index contributed by atoms with van der Waals surface area (Å²) >= 11 is 6.14. The van der Waals surface area contributed by atoms with Gasteiger partial charge in [0.1, 0.15) is 24.9 Å². The molecule has 0 fully saturated rings. The lowest BCUT2D eigenvalue weighted by molar-refractivity contribution is -0.877. The predicted molar refractivity (Wildman–Crippen MR) is 112 cm³/mol. The van der Waals surface area contributed by atoms with Gasteiger partial charge >= 0.3 is 0 Å². The van der Waals surface area contributed by atoms with Crippen molar-refractivity contribution in [2.45, 2.75) is 13.0 Å². The maximum Gasteiger partial charge on any atom is 0.266 e. The lowest BCUT2D eigenvalue weighted by Crippen LogP contribution is -3.09. The molecule has 2 aromatic carbocycles. The van der Waals surface area contributed by atoms with Gasteiger partial charge < -0.3 is 15.0 Å². The normalized spacial score (nSPS) is 12.5. The van der Waals surface area contributed by atoms with Crippen LogP contribution < -0.4 is 20.5 Å². The zero-order chi connectivity index (χ0) is 20.3. The average Bonchev–Trinajstić information content (AvgIpc) is 2.67. The van der Waals surface area contributed by atoms with Crippen LogP contribution in [0, 0.1) is 0 Å². The van der Waals surface area contributed by atoms with E-state index >= 15 is 0 Å². The topological polar surface area (TPSA) is 65.2 Å². The van der Waals surface area contributed by atoms with Crippen molar-refractivity contribution in [2.75, 3.05) is 34.3 Å².